The first kappa shape index (κ1) is 21.2. The Balaban J connectivity index is 2.12. The Labute approximate surface area is 171 Å². The van der Waals surface area contributed by atoms with Crippen molar-refractivity contribution in [3.05, 3.63) is 71.3 Å². The molecule has 3 rings (SSSR count). The molecule has 0 spiro atoms. The predicted octanol–water partition coefficient (Wildman–Crippen LogP) is 3.97. The number of hydrogen-bond acceptors (Lipinski definition) is 4. The number of benzene rings is 1. The molecule has 0 radical (unpaired) electrons. The molecule has 0 bridgehead atoms. The minimum atomic E-state index is -3.24. The van der Waals surface area contributed by atoms with Crippen LogP contribution < -0.4 is 5.73 Å². The standard InChI is InChI=1S/C22H26FN3O2S/c1-15(2)22-19(13-16-6-8-18(9-7-16)29(3,27)28)21-20(5-4-12-25-21)26(22)14-17(23)10-11-24/h4-10,12,15H,11,13-14,24H2,1-3H3/b17-10-. The quantitative estimate of drug-likeness (QED) is 0.633. The molecule has 0 unspecified atom stereocenters. The van der Waals surface area contributed by atoms with Crippen molar-refractivity contribution in [3.63, 3.8) is 0 Å². The molecule has 0 aliphatic rings. The maximum atomic E-state index is 14.3. The Morgan fingerprint density at radius 2 is 1.93 bits per heavy atom. The zero-order valence-corrected chi connectivity index (χ0v) is 17.7. The van der Waals surface area contributed by atoms with Crippen molar-refractivity contribution in [1.29, 1.82) is 0 Å². The maximum absolute atomic E-state index is 14.3. The van der Waals surface area contributed by atoms with Crippen LogP contribution in [0.1, 0.15) is 36.6 Å². The first-order valence-electron chi connectivity index (χ1n) is 9.52. The van der Waals surface area contributed by atoms with Gasteiger partial charge in [0.1, 0.15) is 5.83 Å². The van der Waals surface area contributed by atoms with Gasteiger partial charge in [-0.05, 0) is 41.8 Å². The van der Waals surface area contributed by atoms with E-state index in [1.807, 2.05) is 28.8 Å². The average Bonchev–Trinajstić information content (AvgIpc) is 2.95. The molecule has 0 amide bonds. The Kier molecular flexibility index (Phi) is 6.19. The highest BCUT2D eigenvalue weighted by molar-refractivity contribution is 7.90. The van der Waals surface area contributed by atoms with Crippen molar-refractivity contribution in [2.24, 2.45) is 5.73 Å². The lowest BCUT2D eigenvalue weighted by atomic mass is 9.99. The van der Waals surface area contributed by atoms with Crippen molar-refractivity contribution in [3.8, 4) is 0 Å². The summed E-state index contributed by atoms with van der Waals surface area (Å²) in [5, 5.41) is 0. The molecule has 0 saturated heterocycles. The summed E-state index contributed by atoms with van der Waals surface area (Å²) in [6.07, 6.45) is 4.90. The van der Waals surface area contributed by atoms with Gasteiger partial charge in [-0.15, -0.1) is 0 Å². The van der Waals surface area contributed by atoms with Crippen LogP contribution in [0.25, 0.3) is 11.0 Å². The van der Waals surface area contributed by atoms with E-state index in [4.69, 9.17) is 5.73 Å². The monoisotopic (exact) mass is 415 g/mol. The smallest absolute Gasteiger partial charge is 0.175 e. The van der Waals surface area contributed by atoms with Crippen molar-refractivity contribution < 1.29 is 12.8 Å². The number of fused-ring (bicyclic) bond motifs is 1. The van der Waals surface area contributed by atoms with Crippen molar-refractivity contribution in [2.45, 2.75) is 37.6 Å². The van der Waals surface area contributed by atoms with E-state index in [1.165, 1.54) is 12.3 Å². The van der Waals surface area contributed by atoms with Gasteiger partial charge in [0.15, 0.2) is 9.84 Å². The number of hydrogen-bond donors (Lipinski definition) is 1. The summed E-state index contributed by atoms with van der Waals surface area (Å²) in [4.78, 5) is 4.86. The van der Waals surface area contributed by atoms with Gasteiger partial charge in [0.25, 0.3) is 0 Å². The lowest BCUT2D eigenvalue weighted by Gasteiger charge is -2.15. The third-order valence-corrected chi connectivity index (χ3v) is 6.02. The molecule has 0 aliphatic heterocycles. The molecule has 0 fully saturated rings. The van der Waals surface area contributed by atoms with Crippen LogP contribution in [0, 0.1) is 0 Å². The highest BCUT2D eigenvalue weighted by Crippen LogP contribution is 2.32. The average molecular weight is 416 g/mol. The van der Waals surface area contributed by atoms with Gasteiger partial charge in [0.05, 0.1) is 22.5 Å². The van der Waals surface area contributed by atoms with Crippen LogP contribution in [0.5, 0.6) is 0 Å². The van der Waals surface area contributed by atoms with Gasteiger partial charge in [-0.2, -0.15) is 0 Å². The molecule has 2 aromatic heterocycles. The number of pyridine rings is 1. The van der Waals surface area contributed by atoms with Crippen LogP contribution in [0.2, 0.25) is 0 Å². The second-order valence-electron chi connectivity index (χ2n) is 7.46. The second-order valence-corrected chi connectivity index (χ2v) is 9.47. The van der Waals surface area contributed by atoms with Gasteiger partial charge < -0.3 is 10.3 Å². The van der Waals surface area contributed by atoms with E-state index in [2.05, 4.69) is 18.8 Å². The highest BCUT2D eigenvalue weighted by Gasteiger charge is 2.21. The van der Waals surface area contributed by atoms with Crippen LogP contribution in [-0.2, 0) is 22.8 Å². The maximum Gasteiger partial charge on any atom is 0.175 e. The largest absolute Gasteiger partial charge is 0.336 e. The van der Waals surface area contributed by atoms with Gasteiger partial charge in [-0.1, -0.05) is 26.0 Å². The first-order chi connectivity index (χ1) is 13.7. The number of halogens is 1. The molecule has 0 saturated carbocycles. The SMILES string of the molecule is CC(C)c1c(Cc2ccc(S(C)(=O)=O)cc2)c2ncccc2n1C/C(F)=C/CN. The summed E-state index contributed by atoms with van der Waals surface area (Å²) in [5.41, 5.74) is 10.2. The zero-order chi connectivity index (χ0) is 21.2. The van der Waals surface area contributed by atoms with Crippen LogP contribution in [0.3, 0.4) is 0 Å². The number of allylic oxidation sites excluding steroid dienone is 1. The van der Waals surface area contributed by atoms with Gasteiger partial charge in [0, 0.05) is 36.7 Å². The van der Waals surface area contributed by atoms with Crippen LogP contribution in [0.15, 0.2) is 59.4 Å². The normalized spacial score (nSPS) is 12.8. The van der Waals surface area contributed by atoms with Gasteiger partial charge in [0.2, 0.25) is 0 Å². The Morgan fingerprint density at radius 1 is 1.24 bits per heavy atom. The second kappa shape index (κ2) is 8.47. The van der Waals surface area contributed by atoms with E-state index in [9.17, 15) is 12.8 Å². The lowest BCUT2D eigenvalue weighted by Crippen LogP contribution is -2.08. The summed E-state index contributed by atoms with van der Waals surface area (Å²) in [6, 6.07) is 10.7. The molecular weight excluding hydrogens is 389 g/mol. The summed E-state index contributed by atoms with van der Waals surface area (Å²) < 4.78 is 39.7. The molecule has 29 heavy (non-hydrogen) atoms. The summed E-state index contributed by atoms with van der Waals surface area (Å²) in [5.74, 6) is -0.126. The number of rotatable bonds is 7. The number of nitrogens with two attached hydrogens (primary N) is 1. The van der Waals surface area contributed by atoms with E-state index in [1.54, 1.807) is 18.3 Å². The predicted molar refractivity (Wildman–Crippen MR) is 114 cm³/mol. The summed E-state index contributed by atoms with van der Waals surface area (Å²) >= 11 is 0. The molecule has 0 atom stereocenters. The Bertz CT molecular complexity index is 1150. The van der Waals surface area contributed by atoms with E-state index in [0.717, 1.165) is 27.9 Å². The van der Waals surface area contributed by atoms with Gasteiger partial charge in [-0.3, -0.25) is 4.98 Å². The summed E-state index contributed by atoms with van der Waals surface area (Å²) in [7, 11) is -3.24. The lowest BCUT2D eigenvalue weighted by molar-refractivity contribution is 0.544. The fourth-order valence-corrected chi connectivity index (χ4v) is 4.30. The fourth-order valence-electron chi connectivity index (χ4n) is 3.67. The molecule has 5 nitrogen and oxygen atoms in total. The Morgan fingerprint density at radius 3 is 2.52 bits per heavy atom. The minimum Gasteiger partial charge on any atom is -0.336 e. The third-order valence-electron chi connectivity index (χ3n) is 4.89. The van der Waals surface area contributed by atoms with Crippen LogP contribution >= 0.6 is 0 Å². The molecule has 2 N–H and O–H groups in total. The van der Waals surface area contributed by atoms with E-state index >= 15 is 0 Å². The zero-order valence-electron chi connectivity index (χ0n) is 16.9. The molecule has 2 heterocycles. The molecule has 154 valence electrons. The summed E-state index contributed by atoms with van der Waals surface area (Å²) in [6.45, 7) is 4.41. The number of nitrogens with zero attached hydrogens (tertiary/aromatic N) is 2. The van der Waals surface area contributed by atoms with E-state index in [0.29, 0.717) is 11.3 Å². The molecular formula is C22H26FN3O2S. The van der Waals surface area contributed by atoms with Crippen LogP contribution in [-0.4, -0.2) is 30.8 Å². The van der Waals surface area contributed by atoms with E-state index < -0.39 is 9.84 Å². The van der Waals surface area contributed by atoms with Crippen molar-refractivity contribution in [1.82, 2.24) is 9.55 Å². The first-order valence-corrected chi connectivity index (χ1v) is 11.4. The number of sulfone groups is 1. The molecule has 0 aliphatic carbocycles. The number of aromatic nitrogens is 2. The molecule has 3 aromatic rings. The van der Waals surface area contributed by atoms with Crippen LogP contribution in [0.4, 0.5) is 4.39 Å². The van der Waals surface area contributed by atoms with Gasteiger partial charge in [-0.25, -0.2) is 12.8 Å². The van der Waals surface area contributed by atoms with Crippen molar-refractivity contribution >= 4 is 20.9 Å². The third kappa shape index (κ3) is 4.57. The highest BCUT2D eigenvalue weighted by atomic mass is 32.2. The fraction of sp³-hybridized carbons (Fsp3) is 0.318. The molecule has 7 heteroatoms. The topological polar surface area (TPSA) is 78.0 Å². The van der Waals surface area contributed by atoms with Crippen molar-refractivity contribution in [2.75, 3.05) is 12.8 Å². The van der Waals surface area contributed by atoms with Gasteiger partial charge >= 0.3 is 0 Å². The molecule has 1 aromatic carbocycles. The van der Waals surface area contributed by atoms with E-state index in [-0.39, 0.29) is 24.8 Å². The Hall–Kier alpha value is -2.51. The minimum absolute atomic E-state index is 0.111.